The number of thiol groups is 1. The first-order chi connectivity index (χ1) is 8.56. The Morgan fingerprint density at radius 1 is 1.50 bits per heavy atom. The highest BCUT2D eigenvalue weighted by Gasteiger charge is 2.36. The van der Waals surface area contributed by atoms with E-state index >= 15 is 0 Å². The number of rotatable bonds is 5. The number of nitro benzene ring substituents is 1. The van der Waals surface area contributed by atoms with E-state index in [1.54, 1.807) is 6.07 Å². The minimum absolute atomic E-state index is 0.0433. The van der Waals surface area contributed by atoms with Gasteiger partial charge in [-0.2, -0.15) is 12.6 Å². The number of benzene rings is 1. The van der Waals surface area contributed by atoms with Gasteiger partial charge in [-0.05, 0) is 40.6 Å². The topological polar surface area (TPSA) is 52.4 Å². The molecule has 0 spiro atoms. The van der Waals surface area contributed by atoms with Gasteiger partial charge in [0.05, 0.1) is 22.1 Å². The molecular formula is C12H14BrNO3S. The number of nitrogens with zero attached hydrogens (tertiary/aromatic N) is 1. The minimum atomic E-state index is -0.420. The number of halogens is 1. The normalized spacial score (nSPS) is 17.0. The lowest BCUT2D eigenvalue weighted by atomic mass is 9.71. The van der Waals surface area contributed by atoms with Gasteiger partial charge in [0.2, 0.25) is 0 Å². The Kier molecular flexibility index (Phi) is 4.17. The molecule has 0 unspecified atom stereocenters. The molecule has 0 aliphatic heterocycles. The monoisotopic (exact) mass is 331 g/mol. The summed E-state index contributed by atoms with van der Waals surface area (Å²) in [5, 5.41) is 10.7. The molecule has 0 atom stereocenters. The van der Waals surface area contributed by atoms with Crippen LogP contribution in [0.25, 0.3) is 0 Å². The second-order valence-corrected chi connectivity index (χ2v) is 5.84. The summed E-state index contributed by atoms with van der Waals surface area (Å²) < 4.78 is 6.46. The SMILES string of the molecule is O=[N+]([O-])c1ccc(Br)c(OCC2(CS)CCC2)c1. The predicted molar refractivity (Wildman–Crippen MR) is 76.4 cm³/mol. The lowest BCUT2D eigenvalue weighted by Gasteiger charge is -2.40. The highest BCUT2D eigenvalue weighted by Crippen LogP contribution is 2.42. The van der Waals surface area contributed by atoms with Crippen molar-refractivity contribution in [1.82, 2.24) is 0 Å². The lowest BCUT2D eigenvalue weighted by molar-refractivity contribution is -0.385. The molecular weight excluding hydrogens is 318 g/mol. The molecule has 1 aromatic rings. The van der Waals surface area contributed by atoms with Gasteiger partial charge >= 0.3 is 0 Å². The molecule has 6 heteroatoms. The average Bonchev–Trinajstić information content (AvgIpc) is 2.30. The van der Waals surface area contributed by atoms with E-state index in [2.05, 4.69) is 28.6 Å². The number of nitro groups is 1. The van der Waals surface area contributed by atoms with Crippen molar-refractivity contribution in [2.45, 2.75) is 19.3 Å². The molecule has 0 bridgehead atoms. The van der Waals surface area contributed by atoms with E-state index in [0.717, 1.165) is 23.1 Å². The largest absolute Gasteiger partial charge is 0.492 e. The fourth-order valence-electron chi connectivity index (χ4n) is 1.97. The van der Waals surface area contributed by atoms with E-state index in [4.69, 9.17) is 4.74 Å². The van der Waals surface area contributed by atoms with E-state index in [0.29, 0.717) is 12.4 Å². The zero-order valence-electron chi connectivity index (χ0n) is 9.76. The van der Waals surface area contributed by atoms with Gasteiger partial charge in [-0.3, -0.25) is 10.1 Å². The number of hydrogen-bond donors (Lipinski definition) is 1. The molecule has 98 valence electrons. The summed E-state index contributed by atoms with van der Waals surface area (Å²) in [6, 6.07) is 4.55. The fourth-order valence-corrected chi connectivity index (χ4v) is 2.74. The molecule has 0 N–H and O–H groups in total. The molecule has 1 aliphatic rings. The van der Waals surface area contributed by atoms with Crippen LogP contribution >= 0.6 is 28.6 Å². The summed E-state index contributed by atoms with van der Waals surface area (Å²) in [5.41, 5.74) is 0.189. The lowest BCUT2D eigenvalue weighted by Crippen LogP contribution is -2.37. The minimum Gasteiger partial charge on any atom is -0.492 e. The summed E-state index contributed by atoms with van der Waals surface area (Å²) in [4.78, 5) is 10.3. The van der Waals surface area contributed by atoms with Crippen molar-refractivity contribution in [1.29, 1.82) is 0 Å². The van der Waals surface area contributed by atoms with Crippen LogP contribution in [-0.2, 0) is 0 Å². The Morgan fingerprint density at radius 3 is 2.72 bits per heavy atom. The molecule has 0 amide bonds. The molecule has 0 heterocycles. The highest BCUT2D eigenvalue weighted by molar-refractivity contribution is 9.10. The van der Waals surface area contributed by atoms with E-state index in [1.807, 2.05) is 0 Å². The molecule has 18 heavy (non-hydrogen) atoms. The Morgan fingerprint density at radius 2 is 2.22 bits per heavy atom. The summed E-state index contributed by atoms with van der Waals surface area (Å²) in [6.07, 6.45) is 3.44. The number of hydrogen-bond acceptors (Lipinski definition) is 4. The standard InChI is InChI=1S/C12H14BrNO3S/c13-10-3-2-9(14(15)16)6-11(10)17-7-12(8-18)4-1-5-12/h2-3,6,18H,1,4-5,7-8H2. The van der Waals surface area contributed by atoms with Gasteiger partial charge < -0.3 is 4.74 Å². The average molecular weight is 332 g/mol. The maximum absolute atomic E-state index is 10.7. The van der Waals surface area contributed by atoms with Crippen LogP contribution in [0.15, 0.2) is 22.7 Å². The molecule has 4 nitrogen and oxygen atoms in total. The van der Waals surface area contributed by atoms with Crippen LogP contribution in [0.1, 0.15) is 19.3 Å². The van der Waals surface area contributed by atoms with Crippen molar-refractivity contribution in [3.05, 3.63) is 32.8 Å². The quantitative estimate of drug-likeness (QED) is 0.506. The third kappa shape index (κ3) is 2.80. The van der Waals surface area contributed by atoms with Crippen molar-refractivity contribution in [2.75, 3.05) is 12.4 Å². The van der Waals surface area contributed by atoms with E-state index in [-0.39, 0.29) is 11.1 Å². The van der Waals surface area contributed by atoms with Crippen LogP contribution in [0.4, 0.5) is 5.69 Å². The second kappa shape index (κ2) is 5.48. The Bertz CT molecular complexity index is 457. The van der Waals surface area contributed by atoms with E-state index < -0.39 is 4.92 Å². The fraction of sp³-hybridized carbons (Fsp3) is 0.500. The summed E-state index contributed by atoms with van der Waals surface area (Å²) in [7, 11) is 0. The molecule has 1 fully saturated rings. The molecule has 2 rings (SSSR count). The van der Waals surface area contributed by atoms with Crippen LogP contribution < -0.4 is 4.74 Å². The summed E-state index contributed by atoms with van der Waals surface area (Å²) in [6.45, 7) is 0.566. The van der Waals surface area contributed by atoms with Crippen molar-refractivity contribution in [3.63, 3.8) is 0 Å². The smallest absolute Gasteiger partial charge is 0.273 e. The van der Waals surface area contributed by atoms with Gasteiger partial charge in [-0.25, -0.2) is 0 Å². The van der Waals surface area contributed by atoms with Crippen LogP contribution in [0, 0.1) is 15.5 Å². The van der Waals surface area contributed by atoms with Crippen LogP contribution in [-0.4, -0.2) is 17.3 Å². The summed E-state index contributed by atoms with van der Waals surface area (Å²) >= 11 is 7.70. The zero-order valence-corrected chi connectivity index (χ0v) is 12.2. The van der Waals surface area contributed by atoms with Gasteiger partial charge in [0.1, 0.15) is 5.75 Å². The molecule has 0 radical (unpaired) electrons. The van der Waals surface area contributed by atoms with Crippen LogP contribution in [0.2, 0.25) is 0 Å². The van der Waals surface area contributed by atoms with Crippen molar-refractivity contribution < 1.29 is 9.66 Å². The second-order valence-electron chi connectivity index (χ2n) is 4.67. The maximum Gasteiger partial charge on any atom is 0.273 e. The first-order valence-corrected chi connectivity index (χ1v) is 7.16. The number of non-ortho nitro benzene ring substituents is 1. The first-order valence-electron chi connectivity index (χ1n) is 5.74. The van der Waals surface area contributed by atoms with Crippen molar-refractivity contribution in [3.8, 4) is 5.75 Å². The molecule has 0 aromatic heterocycles. The van der Waals surface area contributed by atoms with E-state index in [9.17, 15) is 10.1 Å². The Balaban J connectivity index is 2.08. The third-order valence-electron chi connectivity index (χ3n) is 3.41. The first kappa shape index (κ1) is 13.7. The van der Waals surface area contributed by atoms with Gasteiger partial charge in [0, 0.05) is 11.5 Å². The molecule has 1 aliphatic carbocycles. The Hall–Kier alpha value is -0.750. The summed E-state index contributed by atoms with van der Waals surface area (Å²) in [5.74, 6) is 1.32. The molecule has 0 saturated heterocycles. The van der Waals surface area contributed by atoms with Crippen molar-refractivity contribution >= 4 is 34.2 Å². The van der Waals surface area contributed by atoms with Crippen LogP contribution in [0.5, 0.6) is 5.75 Å². The Labute approximate surface area is 119 Å². The van der Waals surface area contributed by atoms with Gasteiger partial charge in [0.25, 0.3) is 5.69 Å². The van der Waals surface area contributed by atoms with Gasteiger partial charge in [0.15, 0.2) is 0 Å². The molecule has 1 saturated carbocycles. The number of ether oxygens (including phenoxy) is 1. The van der Waals surface area contributed by atoms with Gasteiger partial charge in [-0.1, -0.05) is 6.42 Å². The predicted octanol–water partition coefficient (Wildman–Crippen LogP) is 3.84. The van der Waals surface area contributed by atoms with E-state index in [1.165, 1.54) is 18.6 Å². The van der Waals surface area contributed by atoms with Crippen LogP contribution in [0.3, 0.4) is 0 Å². The maximum atomic E-state index is 10.7. The molecule has 1 aromatic carbocycles. The van der Waals surface area contributed by atoms with Crippen molar-refractivity contribution in [2.24, 2.45) is 5.41 Å². The zero-order chi connectivity index (χ0) is 13.2. The third-order valence-corrected chi connectivity index (χ3v) is 4.74. The highest BCUT2D eigenvalue weighted by atomic mass is 79.9. The van der Waals surface area contributed by atoms with Gasteiger partial charge in [-0.15, -0.1) is 0 Å².